The summed E-state index contributed by atoms with van der Waals surface area (Å²) >= 11 is 0. The first-order valence-corrected chi connectivity index (χ1v) is 6.04. The molecule has 1 heterocycles. The van der Waals surface area contributed by atoms with E-state index < -0.39 is 5.97 Å². The number of rotatable bonds is 3. The molecule has 1 unspecified atom stereocenters. The minimum atomic E-state index is -0.995. The van der Waals surface area contributed by atoms with Gasteiger partial charge in [0.25, 0.3) is 0 Å². The highest BCUT2D eigenvalue weighted by atomic mass is 16.4. The molecule has 1 atom stereocenters. The normalized spacial score (nSPS) is 18.3. The Balaban J connectivity index is 2.42. The van der Waals surface area contributed by atoms with Crippen LogP contribution >= 0.6 is 0 Å². The van der Waals surface area contributed by atoms with Gasteiger partial charge in [0.2, 0.25) is 5.91 Å². The number of benzene rings is 1. The molecule has 96 valence electrons. The van der Waals surface area contributed by atoms with E-state index in [1.54, 1.807) is 12.1 Å². The molecule has 0 radical (unpaired) electrons. The summed E-state index contributed by atoms with van der Waals surface area (Å²) in [6.45, 7) is 2.04. The summed E-state index contributed by atoms with van der Waals surface area (Å²) in [6, 6.07) is 4.86. The van der Waals surface area contributed by atoms with Crippen LogP contribution in [0.25, 0.3) is 0 Å². The first-order chi connectivity index (χ1) is 8.61. The molecule has 0 bridgehead atoms. The molecule has 0 spiro atoms. The first kappa shape index (κ1) is 12.4. The van der Waals surface area contributed by atoms with Crippen molar-refractivity contribution >= 4 is 23.3 Å². The van der Waals surface area contributed by atoms with Crippen molar-refractivity contribution in [2.45, 2.75) is 32.2 Å². The molecule has 1 aliphatic rings. The Morgan fingerprint density at radius 3 is 2.94 bits per heavy atom. The van der Waals surface area contributed by atoms with E-state index in [1.807, 2.05) is 6.92 Å². The van der Waals surface area contributed by atoms with Crippen LogP contribution in [0, 0.1) is 0 Å². The molecule has 0 aromatic heterocycles. The predicted octanol–water partition coefficient (Wildman–Crippen LogP) is 2.31. The summed E-state index contributed by atoms with van der Waals surface area (Å²) in [5.74, 6) is -1.08. The lowest BCUT2D eigenvalue weighted by Gasteiger charge is -2.17. The van der Waals surface area contributed by atoms with Gasteiger partial charge in [-0.1, -0.05) is 19.4 Å². The number of hydrogen-bond donors (Lipinski definition) is 3. The molecule has 1 amide bonds. The van der Waals surface area contributed by atoms with Crippen LogP contribution in [-0.4, -0.2) is 23.0 Å². The fraction of sp³-hybridized carbons (Fsp3) is 0.385. The fourth-order valence-electron chi connectivity index (χ4n) is 2.19. The van der Waals surface area contributed by atoms with Gasteiger partial charge in [-0.05, 0) is 18.6 Å². The lowest BCUT2D eigenvalue weighted by Crippen LogP contribution is -2.23. The number of carbonyl (C=O) groups is 2. The number of aromatic carboxylic acids is 1. The summed E-state index contributed by atoms with van der Waals surface area (Å²) < 4.78 is 0. The van der Waals surface area contributed by atoms with Crippen LogP contribution in [0.5, 0.6) is 0 Å². The molecular weight excluding hydrogens is 232 g/mol. The molecule has 0 saturated heterocycles. The van der Waals surface area contributed by atoms with E-state index >= 15 is 0 Å². The number of carbonyl (C=O) groups excluding carboxylic acids is 1. The van der Waals surface area contributed by atoms with E-state index in [4.69, 9.17) is 5.11 Å². The number of carboxylic acid groups (broad SMARTS) is 1. The third-order valence-electron chi connectivity index (χ3n) is 2.99. The van der Waals surface area contributed by atoms with Gasteiger partial charge in [0.05, 0.1) is 16.9 Å². The van der Waals surface area contributed by atoms with Crippen molar-refractivity contribution in [3.05, 3.63) is 23.8 Å². The lowest BCUT2D eigenvalue weighted by atomic mass is 10.1. The third kappa shape index (κ3) is 2.45. The van der Waals surface area contributed by atoms with E-state index in [1.165, 1.54) is 6.07 Å². The van der Waals surface area contributed by atoms with Gasteiger partial charge in [-0.3, -0.25) is 4.79 Å². The maximum Gasteiger partial charge on any atom is 0.337 e. The summed E-state index contributed by atoms with van der Waals surface area (Å²) in [4.78, 5) is 22.9. The van der Waals surface area contributed by atoms with Crippen molar-refractivity contribution in [3.63, 3.8) is 0 Å². The zero-order valence-electron chi connectivity index (χ0n) is 10.2. The van der Waals surface area contributed by atoms with Crippen LogP contribution in [0.15, 0.2) is 18.2 Å². The number of anilines is 2. The SMILES string of the molecule is CCCC1CC(=O)Nc2cccc(C(=O)O)c2N1. The summed E-state index contributed by atoms with van der Waals surface area (Å²) in [6.07, 6.45) is 2.14. The number of amides is 1. The van der Waals surface area contributed by atoms with Gasteiger partial charge in [0, 0.05) is 12.5 Å². The molecule has 1 aromatic rings. The quantitative estimate of drug-likeness (QED) is 0.767. The van der Waals surface area contributed by atoms with Gasteiger partial charge in [-0.15, -0.1) is 0 Å². The molecule has 3 N–H and O–H groups in total. The van der Waals surface area contributed by atoms with Gasteiger partial charge in [0.15, 0.2) is 0 Å². The highest BCUT2D eigenvalue weighted by molar-refractivity contribution is 6.03. The van der Waals surface area contributed by atoms with E-state index in [2.05, 4.69) is 10.6 Å². The molecule has 2 rings (SSSR count). The van der Waals surface area contributed by atoms with Crippen LogP contribution in [0.4, 0.5) is 11.4 Å². The van der Waals surface area contributed by atoms with Crippen LogP contribution in [0.2, 0.25) is 0 Å². The monoisotopic (exact) mass is 248 g/mol. The van der Waals surface area contributed by atoms with Crippen LogP contribution in [0.3, 0.4) is 0 Å². The fourth-order valence-corrected chi connectivity index (χ4v) is 2.19. The average Bonchev–Trinajstić information content (AvgIpc) is 2.46. The minimum Gasteiger partial charge on any atom is -0.478 e. The molecule has 1 aliphatic heterocycles. The zero-order chi connectivity index (χ0) is 13.1. The second-order valence-electron chi connectivity index (χ2n) is 4.42. The predicted molar refractivity (Wildman–Crippen MR) is 69.0 cm³/mol. The average molecular weight is 248 g/mol. The number of hydrogen-bond acceptors (Lipinski definition) is 3. The second-order valence-corrected chi connectivity index (χ2v) is 4.42. The molecule has 0 saturated carbocycles. The molecule has 5 nitrogen and oxygen atoms in total. The van der Waals surface area contributed by atoms with E-state index in [0.717, 1.165) is 12.8 Å². The molecule has 1 aromatic carbocycles. The van der Waals surface area contributed by atoms with Gasteiger partial charge in [-0.2, -0.15) is 0 Å². The Hall–Kier alpha value is -2.04. The summed E-state index contributed by atoms with van der Waals surface area (Å²) in [7, 11) is 0. The summed E-state index contributed by atoms with van der Waals surface area (Å²) in [5.41, 5.74) is 1.24. The van der Waals surface area contributed by atoms with Crippen molar-refractivity contribution in [3.8, 4) is 0 Å². The van der Waals surface area contributed by atoms with Crippen molar-refractivity contribution in [1.29, 1.82) is 0 Å². The zero-order valence-corrected chi connectivity index (χ0v) is 10.2. The number of fused-ring (bicyclic) bond motifs is 1. The highest BCUT2D eigenvalue weighted by Gasteiger charge is 2.23. The Bertz CT molecular complexity index is 485. The van der Waals surface area contributed by atoms with Crippen molar-refractivity contribution in [2.24, 2.45) is 0 Å². The molecule has 18 heavy (non-hydrogen) atoms. The van der Waals surface area contributed by atoms with Crippen LogP contribution < -0.4 is 10.6 Å². The Labute approximate surface area is 105 Å². The highest BCUT2D eigenvalue weighted by Crippen LogP contribution is 2.30. The largest absolute Gasteiger partial charge is 0.478 e. The van der Waals surface area contributed by atoms with Gasteiger partial charge in [-0.25, -0.2) is 4.79 Å². The van der Waals surface area contributed by atoms with Gasteiger partial charge >= 0.3 is 5.97 Å². The minimum absolute atomic E-state index is 0.0169. The van der Waals surface area contributed by atoms with Gasteiger partial charge in [0.1, 0.15) is 0 Å². The smallest absolute Gasteiger partial charge is 0.337 e. The topological polar surface area (TPSA) is 78.4 Å². The maximum atomic E-state index is 11.7. The van der Waals surface area contributed by atoms with Crippen LogP contribution in [0.1, 0.15) is 36.5 Å². The van der Waals surface area contributed by atoms with Crippen molar-refractivity contribution in [2.75, 3.05) is 10.6 Å². The standard InChI is InChI=1S/C13H16N2O3/c1-2-4-8-7-11(16)15-10-6-3-5-9(13(17)18)12(10)14-8/h3,5-6,8,14H,2,4,7H2,1H3,(H,15,16)(H,17,18). The van der Waals surface area contributed by atoms with E-state index in [0.29, 0.717) is 17.8 Å². The Morgan fingerprint density at radius 1 is 1.50 bits per heavy atom. The number of carboxylic acids is 1. The molecule has 0 aliphatic carbocycles. The lowest BCUT2D eigenvalue weighted by molar-refractivity contribution is -0.116. The second kappa shape index (κ2) is 5.08. The molecule has 5 heteroatoms. The molecule has 0 fully saturated rings. The molecular formula is C13H16N2O3. The third-order valence-corrected chi connectivity index (χ3v) is 2.99. The van der Waals surface area contributed by atoms with Gasteiger partial charge < -0.3 is 15.7 Å². The van der Waals surface area contributed by atoms with Crippen molar-refractivity contribution in [1.82, 2.24) is 0 Å². The summed E-state index contributed by atoms with van der Waals surface area (Å²) in [5, 5.41) is 15.1. The Morgan fingerprint density at radius 2 is 2.28 bits per heavy atom. The van der Waals surface area contributed by atoms with E-state index in [-0.39, 0.29) is 17.5 Å². The maximum absolute atomic E-state index is 11.7. The number of para-hydroxylation sites is 1. The number of nitrogens with one attached hydrogen (secondary N) is 2. The van der Waals surface area contributed by atoms with Crippen molar-refractivity contribution < 1.29 is 14.7 Å². The first-order valence-electron chi connectivity index (χ1n) is 6.04. The van der Waals surface area contributed by atoms with Crippen LogP contribution in [-0.2, 0) is 4.79 Å². The Kier molecular flexibility index (Phi) is 3.50. The van der Waals surface area contributed by atoms with E-state index in [9.17, 15) is 9.59 Å².